The van der Waals surface area contributed by atoms with E-state index in [0.717, 1.165) is 44.5 Å². The van der Waals surface area contributed by atoms with Gasteiger partial charge in [-0.05, 0) is 66.1 Å². The topological polar surface area (TPSA) is 74.8 Å². The minimum Gasteiger partial charge on any atom is -0.496 e. The molecule has 7 aromatic rings. The van der Waals surface area contributed by atoms with Crippen molar-refractivity contribution >= 4 is 34.2 Å². The maximum Gasteiger partial charge on any atom is 0.338 e. The van der Waals surface area contributed by atoms with E-state index in [4.69, 9.17) is 14.5 Å². The lowest BCUT2D eigenvalue weighted by Crippen LogP contribution is -2.40. The maximum atomic E-state index is 14.9. The van der Waals surface area contributed by atoms with E-state index < -0.39 is 12.0 Å². The van der Waals surface area contributed by atoms with Crippen LogP contribution in [-0.4, -0.2) is 28.8 Å². The number of methoxy groups -OCH3 is 1. The molecule has 0 saturated carbocycles. The largest absolute Gasteiger partial charge is 0.496 e. The third kappa shape index (κ3) is 5.67. The summed E-state index contributed by atoms with van der Waals surface area (Å²) in [6, 6.07) is 43.8. The first-order valence-corrected chi connectivity index (χ1v) is 18.0. The summed E-state index contributed by atoms with van der Waals surface area (Å²) in [7, 11) is 1.60. The minimum atomic E-state index is -0.833. The fourth-order valence-electron chi connectivity index (χ4n) is 7.14. The van der Waals surface area contributed by atoms with Crippen molar-refractivity contribution in [3.8, 4) is 34.0 Å². The van der Waals surface area contributed by atoms with E-state index in [1.807, 2.05) is 97.1 Å². The second-order valence-electron chi connectivity index (χ2n) is 12.4. The highest BCUT2D eigenvalue weighted by molar-refractivity contribution is 7.07. The summed E-state index contributed by atoms with van der Waals surface area (Å²) in [5.74, 6) is 0.0467. The molecule has 52 heavy (non-hydrogen) atoms. The van der Waals surface area contributed by atoms with Crippen LogP contribution < -0.4 is 19.6 Å². The van der Waals surface area contributed by atoms with E-state index in [1.54, 1.807) is 25.5 Å². The Kier molecular flexibility index (Phi) is 8.75. The Bertz CT molecular complexity index is 2670. The van der Waals surface area contributed by atoms with Gasteiger partial charge in [0.05, 0.1) is 40.9 Å². The lowest BCUT2D eigenvalue weighted by molar-refractivity contribution is -0.139. The number of carbonyl (C=O) groups excluding carboxylic acids is 1. The van der Waals surface area contributed by atoms with Crippen molar-refractivity contribution < 1.29 is 14.3 Å². The van der Waals surface area contributed by atoms with Crippen LogP contribution in [0.4, 0.5) is 0 Å². The van der Waals surface area contributed by atoms with Gasteiger partial charge < -0.3 is 14.0 Å². The lowest BCUT2D eigenvalue weighted by Gasteiger charge is -2.27. The molecule has 0 radical (unpaired) electrons. The van der Waals surface area contributed by atoms with E-state index in [1.165, 1.54) is 11.3 Å². The van der Waals surface area contributed by atoms with Crippen LogP contribution in [0.3, 0.4) is 0 Å². The van der Waals surface area contributed by atoms with Crippen molar-refractivity contribution in [2.45, 2.75) is 19.9 Å². The third-order valence-corrected chi connectivity index (χ3v) is 10.4. The van der Waals surface area contributed by atoms with E-state index in [-0.39, 0.29) is 12.2 Å². The minimum absolute atomic E-state index is 0.184. The quantitative estimate of drug-likeness (QED) is 0.150. The van der Waals surface area contributed by atoms with Crippen molar-refractivity contribution in [3.05, 3.63) is 176 Å². The Morgan fingerprint density at radius 3 is 2.19 bits per heavy atom. The number of aromatic nitrogens is 2. The number of ether oxygens (including phenoxy) is 2. The molecule has 8 rings (SSSR count). The van der Waals surface area contributed by atoms with Gasteiger partial charge in [0.1, 0.15) is 11.8 Å². The SMILES string of the molecule is CCOC(=O)C1=C(C)N=c2s/c(=C\c3cc(-c4ccccc4)n(-c4ccccc4)c3-c3ccccc3)c(=O)n2[C@@H]1c1c(OC)ccc2ccccc12. The van der Waals surface area contributed by atoms with Crippen LogP contribution >= 0.6 is 11.3 Å². The number of hydrogen-bond acceptors (Lipinski definition) is 6. The van der Waals surface area contributed by atoms with Crippen molar-refractivity contribution in [1.29, 1.82) is 0 Å². The highest BCUT2D eigenvalue weighted by atomic mass is 32.1. The van der Waals surface area contributed by atoms with Gasteiger partial charge >= 0.3 is 5.97 Å². The van der Waals surface area contributed by atoms with Gasteiger partial charge in [-0.3, -0.25) is 9.36 Å². The van der Waals surface area contributed by atoms with Crippen molar-refractivity contribution in [1.82, 2.24) is 9.13 Å². The van der Waals surface area contributed by atoms with Crippen LogP contribution in [0.15, 0.2) is 155 Å². The normalized spacial score (nSPS) is 14.3. The number of rotatable bonds is 8. The van der Waals surface area contributed by atoms with E-state index in [9.17, 15) is 9.59 Å². The predicted molar refractivity (Wildman–Crippen MR) is 208 cm³/mol. The first kappa shape index (κ1) is 32.9. The van der Waals surface area contributed by atoms with Gasteiger partial charge in [-0.15, -0.1) is 0 Å². The number of fused-ring (bicyclic) bond motifs is 2. The molecule has 0 saturated heterocycles. The summed E-state index contributed by atoms with van der Waals surface area (Å²) in [6.07, 6.45) is 1.96. The van der Waals surface area contributed by atoms with E-state index >= 15 is 0 Å². The second kappa shape index (κ2) is 13.8. The van der Waals surface area contributed by atoms with Crippen molar-refractivity contribution in [2.24, 2.45) is 4.99 Å². The zero-order valence-corrected chi connectivity index (χ0v) is 29.8. The molecular formula is C44H35N3O4S. The molecule has 1 aliphatic heterocycles. The number of esters is 1. The molecule has 0 spiro atoms. The Hall–Kier alpha value is -6.25. The fourth-order valence-corrected chi connectivity index (χ4v) is 8.18. The molecule has 2 aromatic heterocycles. The summed E-state index contributed by atoms with van der Waals surface area (Å²) in [5, 5.41) is 1.83. The predicted octanol–water partition coefficient (Wildman–Crippen LogP) is 8.08. The molecule has 0 N–H and O–H groups in total. The number of thiazole rings is 1. The highest BCUT2D eigenvalue weighted by Crippen LogP contribution is 2.41. The van der Waals surface area contributed by atoms with Crippen LogP contribution in [0.5, 0.6) is 5.75 Å². The molecule has 0 amide bonds. The molecule has 256 valence electrons. The molecule has 5 aromatic carbocycles. The summed E-state index contributed by atoms with van der Waals surface area (Å²) in [6.45, 7) is 3.75. The van der Waals surface area contributed by atoms with Gasteiger partial charge in [-0.25, -0.2) is 9.79 Å². The molecule has 3 heterocycles. The molecule has 1 aliphatic rings. The molecule has 8 heteroatoms. The molecule has 1 atom stereocenters. The second-order valence-corrected chi connectivity index (χ2v) is 13.5. The Morgan fingerprint density at radius 2 is 1.50 bits per heavy atom. The van der Waals surface area contributed by atoms with Crippen LogP contribution in [0.2, 0.25) is 0 Å². The first-order valence-electron chi connectivity index (χ1n) is 17.2. The molecule has 0 aliphatic carbocycles. The van der Waals surface area contributed by atoms with Gasteiger partial charge in [-0.1, -0.05) is 121 Å². The monoisotopic (exact) mass is 701 g/mol. The van der Waals surface area contributed by atoms with Crippen LogP contribution in [0.25, 0.3) is 45.1 Å². The standard InChI is InChI=1S/C44H35N3O4S/c1-4-51-43(49)38-28(2)45-44-47(41(38)39-34-23-15-14-16-29(34)24-25-36(39)50-3)42(48)37(52-44)27-32-26-35(30-17-8-5-9-18-30)46(33-21-12-7-13-22-33)40(32)31-19-10-6-11-20-31/h5-27,41H,4H2,1-3H3/b37-27-/t41-/m0/s1. The average Bonchev–Trinajstić information content (AvgIpc) is 3.71. The summed E-state index contributed by atoms with van der Waals surface area (Å²) in [5.41, 5.74) is 7.12. The van der Waals surface area contributed by atoms with E-state index in [0.29, 0.717) is 31.9 Å². The molecule has 0 unspecified atom stereocenters. The number of nitrogens with zero attached hydrogens (tertiary/aromatic N) is 3. The van der Waals surface area contributed by atoms with Gasteiger partial charge in [0.2, 0.25) is 0 Å². The number of benzene rings is 5. The highest BCUT2D eigenvalue weighted by Gasteiger charge is 2.36. The van der Waals surface area contributed by atoms with Crippen LogP contribution in [-0.2, 0) is 9.53 Å². The molecule has 7 nitrogen and oxygen atoms in total. The smallest absolute Gasteiger partial charge is 0.338 e. The number of para-hydroxylation sites is 1. The Balaban J connectivity index is 1.43. The zero-order valence-electron chi connectivity index (χ0n) is 28.9. The summed E-state index contributed by atoms with van der Waals surface area (Å²) >= 11 is 1.31. The number of allylic oxidation sites excluding steroid dienone is 1. The number of carbonyl (C=O) groups is 1. The molecular weight excluding hydrogens is 667 g/mol. The van der Waals surface area contributed by atoms with Gasteiger partial charge in [0, 0.05) is 16.8 Å². The van der Waals surface area contributed by atoms with Gasteiger partial charge in [0.25, 0.3) is 5.56 Å². The van der Waals surface area contributed by atoms with Crippen LogP contribution in [0.1, 0.15) is 31.0 Å². The first-order chi connectivity index (χ1) is 25.5. The third-order valence-electron chi connectivity index (χ3n) is 9.39. The molecule has 0 bridgehead atoms. The van der Waals surface area contributed by atoms with Gasteiger partial charge in [-0.2, -0.15) is 0 Å². The van der Waals surface area contributed by atoms with Crippen LogP contribution in [0, 0.1) is 0 Å². The van der Waals surface area contributed by atoms with E-state index in [2.05, 4.69) is 47.0 Å². The Morgan fingerprint density at radius 1 is 0.846 bits per heavy atom. The summed E-state index contributed by atoms with van der Waals surface area (Å²) in [4.78, 5) is 34.0. The zero-order chi connectivity index (χ0) is 35.8. The maximum absolute atomic E-state index is 14.9. The lowest BCUT2D eigenvalue weighted by atomic mass is 9.90. The fraction of sp³-hybridized carbons (Fsp3) is 0.114. The number of hydrogen-bond donors (Lipinski definition) is 0. The molecule has 0 fully saturated rings. The van der Waals surface area contributed by atoms with Gasteiger partial charge in [0.15, 0.2) is 4.80 Å². The Labute approximate surface area is 304 Å². The average molecular weight is 702 g/mol. The van der Waals surface area contributed by atoms with Crippen molar-refractivity contribution in [2.75, 3.05) is 13.7 Å². The summed E-state index contributed by atoms with van der Waals surface area (Å²) < 4.78 is 15.9. The van der Waals surface area contributed by atoms with Crippen molar-refractivity contribution in [3.63, 3.8) is 0 Å².